The van der Waals surface area contributed by atoms with Gasteiger partial charge in [0, 0.05) is 11.0 Å². The van der Waals surface area contributed by atoms with E-state index in [0.29, 0.717) is 0 Å². The number of thioether (sulfide) groups is 1. The second-order valence-corrected chi connectivity index (χ2v) is 11.9. The number of aliphatic hydroxyl groups is 2. The lowest BCUT2D eigenvalue weighted by Gasteiger charge is -2.47. The molecule has 0 bridgehead atoms. The summed E-state index contributed by atoms with van der Waals surface area (Å²) in [6.07, 6.45) is -9.57. The molecule has 0 fully saturated rings. The molecule has 0 aliphatic carbocycles. The predicted octanol–water partition coefficient (Wildman–Crippen LogP) is 8.98. The number of hydrogen-bond acceptors (Lipinski definition) is 4. The molecule has 4 nitrogen and oxygen atoms in total. The number of carboxylic acid groups (broad SMARTS) is 1. The highest BCUT2D eigenvalue weighted by Crippen LogP contribution is 2.69. The van der Waals surface area contributed by atoms with Gasteiger partial charge in [-0.1, -0.05) is 0 Å². The monoisotopic (exact) mass is 912 g/mol. The Morgan fingerprint density at radius 1 is 0.400 bits per heavy atom. The molecule has 0 aliphatic rings. The van der Waals surface area contributed by atoms with Crippen molar-refractivity contribution in [1.29, 1.82) is 0 Å². The van der Waals surface area contributed by atoms with Crippen LogP contribution in [-0.4, -0.2) is 129 Å². The topological polar surface area (TPSA) is 77.8 Å². The normalized spacial score (nSPS) is 17.4. The van der Waals surface area contributed by atoms with Crippen molar-refractivity contribution in [2.24, 2.45) is 5.92 Å². The van der Waals surface area contributed by atoms with Crippen LogP contribution in [0.25, 0.3) is 0 Å². The van der Waals surface area contributed by atoms with Crippen LogP contribution in [0.3, 0.4) is 0 Å². The van der Waals surface area contributed by atoms with Gasteiger partial charge in [-0.3, -0.25) is 4.79 Å². The molecule has 0 amide bonds. The van der Waals surface area contributed by atoms with Crippen LogP contribution >= 0.6 is 11.8 Å². The molecule has 0 radical (unpaired) electrons. The highest BCUT2D eigenvalue weighted by atomic mass is 32.2. The van der Waals surface area contributed by atoms with E-state index in [0.717, 1.165) is 0 Å². The van der Waals surface area contributed by atoms with Gasteiger partial charge in [0.25, 0.3) is 0 Å². The van der Waals surface area contributed by atoms with Crippen molar-refractivity contribution in [1.82, 2.24) is 0 Å². The molecule has 2 atom stereocenters. The number of halogens is 29. The van der Waals surface area contributed by atoms with E-state index < -0.39 is 137 Å². The van der Waals surface area contributed by atoms with Gasteiger partial charge in [0.05, 0.1) is 25.6 Å². The average Bonchev–Trinajstić information content (AvgIpc) is 2.98. The van der Waals surface area contributed by atoms with Crippen LogP contribution < -0.4 is 0 Å². The van der Waals surface area contributed by atoms with Crippen LogP contribution in [0, 0.1) is 5.92 Å². The lowest BCUT2D eigenvalue weighted by Crippen LogP contribution is -2.79. The second-order valence-electron chi connectivity index (χ2n) is 10.5. The molecule has 0 saturated carbocycles. The predicted molar refractivity (Wildman–Crippen MR) is 117 cm³/mol. The second kappa shape index (κ2) is 14.5. The van der Waals surface area contributed by atoms with E-state index in [1.807, 2.05) is 0 Å². The molecule has 3 N–H and O–H groups in total. The van der Waals surface area contributed by atoms with Gasteiger partial charge < -0.3 is 15.3 Å². The highest BCUT2D eigenvalue weighted by molar-refractivity contribution is 7.99. The molecule has 0 aliphatic heterocycles. The van der Waals surface area contributed by atoms with E-state index in [-0.39, 0.29) is 0 Å². The van der Waals surface area contributed by atoms with E-state index in [9.17, 15) is 132 Å². The zero-order chi connectivity index (χ0) is 45.3. The summed E-state index contributed by atoms with van der Waals surface area (Å²) in [5.74, 6) is -130. The Bertz CT molecular complexity index is 1360. The van der Waals surface area contributed by atoms with Crippen molar-refractivity contribution in [3.8, 4) is 0 Å². The van der Waals surface area contributed by atoms with Gasteiger partial charge in [-0.15, -0.1) is 0 Å². The maximum absolute atomic E-state index is 14.6. The third kappa shape index (κ3) is 7.04. The van der Waals surface area contributed by atoms with Gasteiger partial charge in [0.15, 0.2) is 0 Å². The van der Waals surface area contributed by atoms with Crippen LogP contribution in [0.5, 0.6) is 0 Å². The van der Waals surface area contributed by atoms with Gasteiger partial charge >= 0.3 is 89.1 Å². The van der Waals surface area contributed by atoms with E-state index in [1.165, 1.54) is 0 Å². The standard InChI is InChI=1S/C21H13F29O4S/c22-8(23,5(3-51)6(4-52)55-2-1-7(53)54)9(24,25)10(26,27)11(28,29)12(30,31)13(32,33)14(34,35)15(36,37)16(38,39)17(40,41)18(42,43)19(44,45)20(46,47)21(48,49)50/h5-6,51-52H,1-4H2,(H,53,54). The number of rotatable bonds is 20. The summed E-state index contributed by atoms with van der Waals surface area (Å²) in [6, 6.07) is 0. The third-order valence-electron chi connectivity index (χ3n) is 7.05. The first kappa shape index (κ1) is 52.7. The zero-order valence-corrected chi connectivity index (χ0v) is 25.4. The number of carbonyl (C=O) groups is 1. The molecular formula is C21H13F29O4S. The number of hydrogen-bond donors (Lipinski definition) is 3. The number of aliphatic hydroxyl groups excluding tert-OH is 2. The SMILES string of the molecule is O=C(O)CCSC(CO)C(CO)C(F)(F)C(F)(F)C(F)(F)C(F)(F)C(F)(F)C(F)(F)C(F)(F)C(F)(F)C(F)(F)C(F)(F)C(F)(F)C(F)(F)C(F)(F)C(F)(F)F. The summed E-state index contributed by atoms with van der Waals surface area (Å²) in [6.45, 7) is -4.94. The van der Waals surface area contributed by atoms with Gasteiger partial charge in [0.1, 0.15) is 0 Å². The van der Waals surface area contributed by atoms with Gasteiger partial charge in [-0.05, 0) is 0 Å². The number of carboxylic acids is 1. The van der Waals surface area contributed by atoms with Crippen molar-refractivity contribution in [2.75, 3.05) is 19.0 Å². The number of alkyl halides is 29. The minimum absolute atomic E-state index is 0.548. The Labute approximate surface area is 286 Å². The molecule has 0 rings (SSSR count). The van der Waals surface area contributed by atoms with Crippen LogP contribution in [0.1, 0.15) is 6.42 Å². The molecule has 0 spiro atoms. The third-order valence-corrected chi connectivity index (χ3v) is 8.40. The maximum atomic E-state index is 14.6. The van der Waals surface area contributed by atoms with Crippen molar-refractivity contribution >= 4 is 17.7 Å². The van der Waals surface area contributed by atoms with E-state index >= 15 is 0 Å². The molecular weight excluding hydrogens is 899 g/mol. The fraction of sp³-hybridized carbons (Fsp3) is 0.952. The minimum atomic E-state index is -10.0. The quantitative estimate of drug-likeness (QED) is 0.106. The molecule has 2 unspecified atom stereocenters. The lowest BCUT2D eigenvalue weighted by molar-refractivity contribution is -0.487. The fourth-order valence-corrected chi connectivity index (χ4v) is 4.84. The van der Waals surface area contributed by atoms with Crippen LogP contribution in [0.4, 0.5) is 127 Å². The van der Waals surface area contributed by atoms with E-state index in [1.54, 1.807) is 0 Å². The molecule has 0 aromatic heterocycles. The van der Waals surface area contributed by atoms with Crippen molar-refractivity contribution in [3.05, 3.63) is 0 Å². The summed E-state index contributed by atoms with van der Waals surface area (Å²) in [5.41, 5.74) is 0. The first-order valence-corrected chi connectivity index (χ1v) is 13.7. The molecule has 34 heteroatoms. The van der Waals surface area contributed by atoms with E-state index in [4.69, 9.17) is 15.3 Å². The molecule has 0 aromatic rings. The Balaban J connectivity index is 7.56. The molecule has 0 heterocycles. The molecule has 0 aromatic carbocycles. The zero-order valence-electron chi connectivity index (χ0n) is 24.6. The summed E-state index contributed by atoms with van der Waals surface area (Å²) < 4.78 is 397. The Morgan fingerprint density at radius 2 is 0.636 bits per heavy atom. The highest BCUT2D eigenvalue weighted by Gasteiger charge is 3.01. The van der Waals surface area contributed by atoms with Crippen molar-refractivity contribution in [3.63, 3.8) is 0 Å². The Kier molecular flexibility index (Phi) is 13.9. The molecule has 0 saturated heterocycles. The van der Waals surface area contributed by atoms with Crippen LogP contribution in [0.2, 0.25) is 0 Å². The Morgan fingerprint density at radius 3 is 0.836 bits per heavy atom. The van der Waals surface area contributed by atoms with E-state index in [2.05, 4.69) is 0 Å². The van der Waals surface area contributed by atoms with Gasteiger partial charge in [0.2, 0.25) is 0 Å². The summed E-state index contributed by atoms with van der Waals surface area (Å²) in [5, 5.41) is 23.4. The van der Waals surface area contributed by atoms with Crippen molar-refractivity contribution < 1.29 is 147 Å². The summed E-state index contributed by atoms with van der Waals surface area (Å²) in [7, 11) is 0. The first-order chi connectivity index (χ1) is 23.6. The van der Waals surface area contributed by atoms with Crippen LogP contribution in [-0.2, 0) is 4.79 Å². The average molecular weight is 912 g/mol. The Hall–Kier alpha value is -2.29. The largest absolute Gasteiger partial charge is 0.481 e. The summed E-state index contributed by atoms with van der Waals surface area (Å²) in [4.78, 5) is 10.5. The fourth-order valence-electron chi connectivity index (χ4n) is 3.65. The minimum Gasteiger partial charge on any atom is -0.481 e. The first-order valence-electron chi connectivity index (χ1n) is 12.6. The van der Waals surface area contributed by atoms with Gasteiger partial charge in [-0.25, -0.2) is 0 Å². The summed E-state index contributed by atoms with van der Waals surface area (Å²) >= 11 is -0.548. The van der Waals surface area contributed by atoms with Crippen LogP contribution in [0.15, 0.2) is 0 Å². The smallest absolute Gasteiger partial charge is 0.460 e. The maximum Gasteiger partial charge on any atom is 0.460 e. The molecule has 330 valence electrons. The molecule has 55 heavy (non-hydrogen) atoms. The van der Waals surface area contributed by atoms with Gasteiger partial charge in [-0.2, -0.15) is 139 Å². The van der Waals surface area contributed by atoms with Crippen molar-refractivity contribution in [2.45, 2.75) is 94.8 Å². The lowest BCUT2D eigenvalue weighted by atomic mass is 9.82. The number of aliphatic carboxylic acids is 1.